The Kier molecular flexibility index (Phi) is 5.16. The fraction of sp³-hybridized carbons (Fsp3) is 0.400. The molecule has 5 nitrogen and oxygen atoms in total. The summed E-state index contributed by atoms with van der Waals surface area (Å²) in [6.07, 6.45) is 0. The van der Waals surface area contributed by atoms with Gasteiger partial charge in [-0.1, -0.05) is 11.8 Å². The number of hydrogen-bond acceptors (Lipinski definition) is 5. The number of halogens is 1. The van der Waals surface area contributed by atoms with Crippen molar-refractivity contribution in [3.63, 3.8) is 0 Å². The lowest BCUT2D eigenvalue weighted by Crippen LogP contribution is -2.20. The summed E-state index contributed by atoms with van der Waals surface area (Å²) in [5.74, 6) is 0.461. The van der Waals surface area contributed by atoms with Crippen LogP contribution in [-0.4, -0.2) is 39.0 Å². The lowest BCUT2D eigenvalue weighted by atomic mass is 10.2. The number of thioether (sulfide) groups is 1. The molecule has 2 aromatic rings. The minimum absolute atomic E-state index is 0.0318. The molecule has 0 radical (unpaired) electrons. The molecule has 0 amide bonds. The Morgan fingerprint density at radius 2 is 1.86 bits per heavy atom. The topological polar surface area (TPSA) is 57.7 Å². The highest BCUT2D eigenvalue weighted by Gasteiger charge is 2.22. The molecular weight excluding hydrogens is 301 g/mol. The van der Waals surface area contributed by atoms with Crippen LogP contribution in [0.1, 0.15) is 25.7 Å². The molecule has 1 heterocycles. The molecule has 0 aliphatic heterocycles. The fourth-order valence-electron chi connectivity index (χ4n) is 1.88. The van der Waals surface area contributed by atoms with Gasteiger partial charge in [0.25, 0.3) is 0 Å². The van der Waals surface area contributed by atoms with Gasteiger partial charge < -0.3 is 0 Å². The van der Waals surface area contributed by atoms with Crippen LogP contribution >= 0.6 is 11.8 Å². The first-order valence-corrected chi connectivity index (χ1v) is 7.76. The predicted octanol–water partition coefficient (Wildman–Crippen LogP) is 3.03. The predicted molar refractivity (Wildman–Crippen MR) is 84.4 cm³/mol. The smallest absolute Gasteiger partial charge is 0.197 e. The number of aromatic nitrogens is 3. The second-order valence-corrected chi connectivity index (χ2v) is 6.49. The maximum Gasteiger partial charge on any atom is 0.197 e. The summed E-state index contributed by atoms with van der Waals surface area (Å²) in [7, 11) is 3.91. The zero-order valence-corrected chi connectivity index (χ0v) is 13.8. The summed E-state index contributed by atoms with van der Waals surface area (Å²) in [5.41, 5.74) is 0.780. The molecular formula is C15H18FN5S. The first kappa shape index (κ1) is 16.5. The van der Waals surface area contributed by atoms with Crippen LogP contribution in [0.15, 0.2) is 29.4 Å². The fourth-order valence-corrected chi connectivity index (χ4v) is 2.64. The van der Waals surface area contributed by atoms with Crippen molar-refractivity contribution in [2.45, 2.75) is 30.3 Å². The largest absolute Gasteiger partial charge is 0.300 e. The molecule has 1 aromatic carbocycles. The van der Waals surface area contributed by atoms with Crippen molar-refractivity contribution in [3.8, 4) is 11.8 Å². The number of hydrogen-bond donors (Lipinski definition) is 0. The van der Waals surface area contributed by atoms with E-state index in [2.05, 4.69) is 16.3 Å². The standard InChI is InChI=1S/C15H18FN5S/c1-10(9-17)22-15-19-18-14(11(2)20(3)4)21(15)13-7-5-12(16)6-8-13/h5-8,10-11H,1-4H3/t10-,11-/m1/s1. The first-order valence-electron chi connectivity index (χ1n) is 6.88. The van der Waals surface area contributed by atoms with Gasteiger partial charge in [0.1, 0.15) is 5.82 Å². The van der Waals surface area contributed by atoms with Crippen molar-refractivity contribution in [2.75, 3.05) is 14.1 Å². The Morgan fingerprint density at radius 1 is 1.23 bits per heavy atom. The molecule has 0 unspecified atom stereocenters. The van der Waals surface area contributed by atoms with Crippen LogP contribution in [0.4, 0.5) is 4.39 Å². The van der Waals surface area contributed by atoms with Crippen molar-refractivity contribution < 1.29 is 4.39 Å². The van der Waals surface area contributed by atoms with E-state index in [1.807, 2.05) is 37.4 Å². The lowest BCUT2D eigenvalue weighted by Gasteiger charge is -2.20. The molecule has 0 bridgehead atoms. The number of nitrogens with zero attached hydrogens (tertiary/aromatic N) is 5. The maximum absolute atomic E-state index is 13.2. The summed E-state index contributed by atoms with van der Waals surface area (Å²) < 4.78 is 15.1. The minimum Gasteiger partial charge on any atom is -0.300 e. The van der Waals surface area contributed by atoms with Gasteiger partial charge in [0, 0.05) is 5.69 Å². The van der Waals surface area contributed by atoms with E-state index in [1.165, 1.54) is 23.9 Å². The normalized spacial score (nSPS) is 13.9. The Labute approximate surface area is 133 Å². The van der Waals surface area contributed by atoms with E-state index in [0.717, 1.165) is 11.5 Å². The molecule has 0 saturated heterocycles. The third-order valence-electron chi connectivity index (χ3n) is 3.36. The van der Waals surface area contributed by atoms with Gasteiger partial charge in [-0.05, 0) is 52.2 Å². The van der Waals surface area contributed by atoms with E-state index in [4.69, 9.17) is 5.26 Å². The summed E-state index contributed by atoms with van der Waals surface area (Å²) in [4.78, 5) is 2.02. The molecule has 0 aliphatic rings. The Balaban J connectivity index is 2.52. The zero-order chi connectivity index (χ0) is 16.3. The Hall–Kier alpha value is -1.91. The summed E-state index contributed by atoms with van der Waals surface area (Å²) in [5, 5.41) is 17.9. The summed E-state index contributed by atoms with van der Waals surface area (Å²) in [6.45, 7) is 3.83. The van der Waals surface area contributed by atoms with Crippen LogP contribution in [0.2, 0.25) is 0 Å². The van der Waals surface area contributed by atoms with E-state index in [9.17, 15) is 4.39 Å². The summed E-state index contributed by atoms with van der Waals surface area (Å²) >= 11 is 1.34. The molecule has 1 aromatic heterocycles. The summed E-state index contributed by atoms with van der Waals surface area (Å²) in [6, 6.07) is 8.39. The highest BCUT2D eigenvalue weighted by molar-refractivity contribution is 8.00. The van der Waals surface area contributed by atoms with E-state index in [0.29, 0.717) is 5.16 Å². The van der Waals surface area contributed by atoms with Crippen molar-refractivity contribution in [3.05, 3.63) is 35.9 Å². The molecule has 2 atom stereocenters. The van der Waals surface area contributed by atoms with Gasteiger partial charge >= 0.3 is 0 Å². The van der Waals surface area contributed by atoms with Crippen molar-refractivity contribution in [1.29, 1.82) is 5.26 Å². The molecule has 7 heteroatoms. The van der Waals surface area contributed by atoms with Gasteiger partial charge in [-0.3, -0.25) is 9.47 Å². The first-order chi connectivity index (χ1) is 10.4. The van der Waals surface area contributed by atoms with Crippen LogP contribution in [-0.2, 0) is 0 Å². The quantitative estimate of drug-likeness (QED) is 0.793. The zero-order valence-electron chi connectivity index (χ0n) is 13.0. The van der Waals surface area contributed by atoms with Crippen molar-refractivity contribution >= 4 is 11.8 Å². The molecule has 22 heavy (non-hydrogen) atoms. The number of benzene rings is 1. The van der Waals surface area contributed by atoms with E-state index >= 15 is 0 Å². The van der Waals surface area contributed by atoms with E-state index in [-0.39, 0.29) is 17.1 Å². The van der Waals surface area contributed by atoms with Gasteiger partial charge in [0.2, 0.25) is 0 Å². The molecule has 0 spiro atoms. The Bertz CT molecular complexity index is 674. The molecule has 116 valence electrons. The van der Waals surface area contributed by atoms with Gasteiger partial charge in [-0.2, -0.15) is 5.26 Å². The minimum atomic E-state index is -0.293. The average molecular weight is 319 g/mol. The van der Waals surface area contributed by atoms with Gasteiger partial charge in [0.05, 0.1) is 17.4 Å². The van der Waals surface area contributed by atoms with Crippen LogP contribution in [0.3, 0.4) is 0 Å². The van der Waals surface area contributed by atoms with E-state index < -0.39 is 0 Å². The molecule has 0 N–H and O–H groups in total. The Morgan fingerprint density at radius 3 is 2.41 bits per heavy atom. The lowest BCUT2D eigenvalue weighted by molar-refractivity contribution is 0.305. The molecule has 0 aliphatic carbocycles. The van der Waals surface area contributed by atoms with Gasteiger partial charge in [-0.25, -0.2) is 4.39 Å². The third-order valence-corrected chi connectivity index (χ3v) is 4.29. The van der Waals surface area contributed by atoms with E-state index in [1.54, 1.807) is 12.1 Å². The molecule has 0 fully saturated rings. The van der Waals surface area contributed by atoms with Crippen molar-refractivity contribution in [1.82, 2.24) is 19.7 Å². The highest BCUT2D eigenvalue weighted by Crippen LogP contribution is 2.28. The van der Waals surface area contributed by atoms with Crippen LogP contribution < -0.4 is 0 Å². The number of rotatable bonds is 5. The number of nitriles is 1. The monoisotopic (exact) mass is 319 g/mol. The van der Waals surface area contributed by atoms with Crippen molar-refractivity contribution in [2.24, 2.45) is 0 Å². The second-order valence-electron chi connectivity index (χ2n) is 5.18. The van der Waals surface area contributed by atoms with Crippen LogP contribution in [0.5, 0.6) is 0 Å². The van der Waals surface area contributed by atoms with Crippen LogP contribution in [0.25, 0.3) is 5.69 Å². The molecule has 0 saturated carbocycles. The second kappa shape index (κ2) is 6.90. The van der Waals surface area contributed by atoms with Crippen LogP contribution in [0, 0.1) is 17.1 Å². The SMILES string of the molecule is C[C@H](C#N)Sc1nnc([C@@H](C)N(C)C)n1-c1ccc(F)cc1. The third kappa shape index (κ3) is 3.46. The molecule has 2 rings (SSSR count). The van der Waals surface area contributed by atoms with Gasteiger partial charge in [-0.15, -0.1) is 10.2 Å². The maximum atomic E-state index is 13.2. The highest BCUT2D eigenvalue weighted by atomic mass is 32.2. The average Bonchev–Trinajstić information content (AvgIpc) is 2.90. The van der Waals surface area contributed by atoms with Gasteiger partial charge in [0.15, 0.2) is 11.0 Å².